The highest BCUT2D eigenvalue weighted by molar-refractivity contribution is 7.17. The van der Waals surface area contributed by atoms with Gasteiger partial charge in [0.25, 0.3) is 5.56 Å². The van der Waals surface area contributed by atoms with Crippen LogP contribution in [0.5, 0.6) is 5.75 Å². The molecule has 4 rings (SSSR count). The molecule has 0 spiro atoms. The first-order valence-corrected chi connectivity index (χ1v) is 9.01. The fourth-order valence-corrected chi connectivity index (χ4v) is 4.03. The third-order valence-electron chi connectivity index (χ3n) is 4.70. The lowest BCUT2D eigenvalue weighted by Crippen LogP contribution is -2.11. The molecule has 0 bridgehead atoms. The van der Waals surface area contributed by atoms with E-state index >= 15 is 0 Å². The van der Waals surface area contributed by atoms with Crippen LogP contribution in [0.25, 0.3) is 32.1 Å². The molecule has 25 heavy (non-hydrogen) atoms. The molecule has 0 aliphatic rings. The predicted molar refractivity (Wildman–Crippen MR) is 105 cm³/mol. The van der Waals surface area contributed by atoms with Crippen molar-refractivity contribution in [3.8, 4) is 16.9 Å². The molecule has 2 aromatic carbocycles. The molecule has 126 valence electrons. The van der Waals surface area contributed by atoms with Gasteiger partial charge in [-0.15, -0.1) is 11.3 Å². The molecule has 0 aliphatic heterocycles. The highest BCUT2D eigenvalue weighted by atomic mass is 32.1. The van der Waals surface area contributed by atoms with Crippen LogP contribution in [0.2, 0.25) is 0 Å². The summed E-state index contributed by atoms with van der Waals surface area (Å²) in [6.07, 6.45) is 0. The Morgan fingerprint density at radius 1 is 1.12 bits per heavy atom. The first-order chi connectivity index (χ1) is 12.1. The molecule has 0 aliphatic carbocycles. The van der Waals surface area contributed by atoms with Crippen LogP contribution in [0.3, 0.4) is 0 Å². The number of phenolic OH excluding ortho intramolecular Hbond substituents is 1. The first kappa shape index (κ1) is 15.9. The zero-order valence-electron chi connectivity index (χ0n) is 14.0. The molecule has 4 nitrogen and oxygen atoms in total. The third-order valence-corrected chi connectivity index (χ3v) is 5.62. The van der Waals surface area contributed by atoms with Crippen LogP contribution >= 0.6 is 11.3 Å². The van der Waals surface area contributed by atoms with Crippen molar-refractivity contribution in [2.75, 3.05) is 7.05 Å². The second kappa shape index (κ2) is 6.02. The van der Waals surface area contributed by atoms with Crippen LogP contribution < -0.4 is 10.9 Å². The Bertz CT molecular complexity index is 1130. The number of aromatic amines is 1. The van der Waals surface area contributed by atoms with Gasteiger partial charge in [-0.05, 0) is 48.7 Å². The Morgan fingerprint density at radius 3 is 2.60 bits per heavy atom. The Morgan fingerprint density at radius 2 is 1.88 bits per heavy atom. The molecule has 4 aromatic rings. The van der Waals surface area contributed by atoms with E-state index in [-0.39, 0.29) is 17.4 Å². The molecule has 3 N–H and O–H groups in total. The van der Waals surface area contributed by atoms with Gasteiger partial charge in [-0.25, -0.2) is 0 Å². The van der Waals surface area contributed by atoms with Crippen molar-refractivity contribution in [3.05, 3.63) is 63.8 Å². The van der Waals surface area contributed by atoms with Crippen molar-refractivity contribution in [2.45, 2.75) is 13.0 Å². The number of thiophene rings is 1. The van der Waals surface area contributed by atoms with Gasteiger partial charge in [0.15, 0.2) is 0 Å². The average Bonchev–Trinajstić information content (AvgIpc) is 3.12. The monoisotopic (exact) mass is 350 g/mol. The standard InChI is InChI=1S/C20H18N2O2S/c1-11(21-2)12-3-5-13(6-4-12)17-16(23)8-7-15-18(17)14-9-10-25-19(14)20(24)22-15/h3-11,21,23H,1-2H3,(H,22,24)/t11-/m1/s1. The van der Waals surface area contributed by atoms with E-state index in [1.54, 1.807) is 12.1 Å². The minimum atomic E-state index is -0.0904. The summed E-state index contributed by atoms with van der Waals surface area (Å²) in [6, 6.07) is 13.7. The average molecular weight is 350 g/mol. The number of aromatic hydroxyl groups is 1. The van der Waals surface area contributed by atoms with Crippen LogP contribution in [0.1, 0.15) is 18.5 Å². The van der Waals surface area contributed by atoms with Gasteiger partial charge in [-0.2, -0.15) is 0 Å². The van der Waals surface area contributed by atoms with E-state index < -0.39 is 0 Å². The van der Waals surface area contributed by atoms with Crippen molar-refractivity contribution in [2.24, 2.45) is 0 Å². The van der Waals surface area contributed by atoms with Gasteiger partial charge in [-0.3, -0.25) is 4.79 Å². The van der Waals surface area contributed by atoms with E-state index in [2.05, 4.69) is 29.4 Å². The minimum absolute atomic E-state index is 0.0904. The number of pyridine rings is 1. The van der Waals surface area contributed by atoms with Gasteiger partial charge in [0, 0.05) is 27.9 Å². The van der Waals surface area contributed by atoms with Crippen molar-refractivity contribution in [1.29, 1.82) is 0 Å². The number of aromatic nitrogens is 1. The number of H-pyrrole nitrogens is 1. The summed E-state index contributed by atoms with van der Waals surface area (Å²) >= 11 is 1.41. The van der Waals surface area contributed by atoms with Crippen molar-refractivity contribution in [1.82, 2.24) is 10.3 Å². The summed E-state index contributed by atoms with van der Waals surface area (Å²) in [5.74, 6) is 0.210. The number of phenols is 1. The maximum absolute atomic E-state index is 12.2. The predicted octanol–water partition coefficient (Wildman–Crippen LogP) is 4.40. The lowest BCUT2D eigenvalue weighted by Gasteiger charge is -2.13. The van der Waals surface area contributed by atoms with Crippen molar-refractivity contribution >= 4 is 32.3 Å². The molecule has 0 fully saturated rings. The zero-order chi connectivity index (χ0) is 17.6. The SMILES string of the molecule is CN[C@H](C)c1ccc(-c2c(O)ccc3[nH]c(=O)c4sccc4c23)cc1. The van der Waals surface area contributed by atoms with Gasteiger partial charge in [0.1, 0.15) is 10.4 Å². The molecule has 0 saturated carbocycles. The van der Waals surface area contributed by atoms with Crippen LogP contribution in [-0.2, 0) is 0 Å². The van der Waals surface area contributed by atoms with E-state index in [9.17, 15) is 9.90 Å². The molecule has 0 amide bonds. The maximum atomic E-state index is 12.2. The van der Waals surface area contributed by atoms with Gasteiger partial charge < -0.3 is 15.4 Å². The number of hydrogen-bond acceptors (Lipinski definition) is 4. The van der Waals surface area contributed by atoms with Crippen LogP contribution in [0, 0.1) is 0 Å². The number of benzene rings is 2. The Hall–Kier alpha value is -2.63. The summed E-state index contributed by atoms with van der Waals surface area (Å²) in [5.41, 5.74) is 3.50. The van der Waals surface area contributed by atoms with E-state index in [0.29, 0.717) is 4.70 Å². The highest BCUT2D eigenvalue weighted by Gasteiger charge is 2.15. The zero-order valence-corrected chi connectivity index (χ0v) is 14.8. The fourth-order valence-electron chi connectivity index (χ4n) is 3.23. The van der Waals surface area contributed by atoms with Gasteiger partial charge in [-0.1, -0.05) is 24.3 Å². The summed E-state index contributed by atoms with van der Waals surface area (Å²) in [4.78, 5) is 15.2. The molecule has 1 atom stereocenters. The largest absolute Gasteiger partial charge is 0.507 e. The van der Waals surface area contributed by atoms with Crippen LogP contribution in [0.15, 0.2) is 52.6 Å². The molecular formula is C20H18N2O2S. The molecule has 2 aromatic heterocycles. The van der Waals surface area contributed by atoms with E-state index in [4.69, 9.17) is 0 Å². The summed E-state index contributed by atoms with van der Waals surface area (Å²) in [5, 5.41) is 17.4. The fraction of sp³-hybridized carbons (Fsp3) is 0.150. The maximum Gasteiger partial charge on any atom is 0.266 e. The minimum Gasteiger partial charge on any atom is -0.507 e. The highest BCUT2D eigenvalue weighted by Crippen LogP contribution is 2.39. The van der Waals surface area contributed by atoms with E-state index in [0.717, 1.165) is 27.4 Å². The Balaban J connectivity index is 2.02. The first-order valence-electron chi connectivity index (χ1n) is 8.13. The van der Waals surface area contributed by atoms with E-state index in [1.807, 2.05) is 30.6 Å². The van der Waals surface area contributed by atoms with E-state index in [1.165, 1.54) is 16.9 Å². The number of nitrogens with one attached hydrogen (secondary N) is 2. The Labute approximate surface area is 148 Å². The third kappa shape index (κ3) is 2.52. The lowest BCUT2D eigenvalue weighted by molar-refractivity contribution is 0.478. The smallest absolute Gasteiger partial charge is 0.266 e. The molecule has 2 heterocycles. The second-order valence-corrected chi connectivity index (χ2v) is 7.05. The number of hydrogen-bond donors (Lipinski definition) is 3. The van der Waals surface area contributed by atoms with Crippen LogP contribution in [-0.4, -0.2) is 17.1 Å². The summed E-state index contributed by atoms with van der Waals surface area (Å²) in [6.45, 7) is 2.10. The van der Waals surface area contributed by atoms with Gasteiger partial charge >= 0.3 is 0 Å². The topological polar surface area (TPSA) is 65.1 Å². The van der Waals surface area contributed by atoms with Crippen molar-refractivity contribution in [3.63, 3.8) is 0 Å². The quantitative estimate of drug-likeness (QED) is 0.513. The molecule has 0 saturated heterocycles. The number of fused-ring (bicyclic) bond motifs is 3. The van der Waals surface area contributed by atoms with Gasteiger partial charge in [0.2, 0.25) is 0 Å². The lowest BCUT2D eigenvalue weighted by atomic mass is 9.96. The van der Waals surface area contributed by atoms with Crippen LogP contribution in [0.4, 0.5) is 0 Å². The molecule has 0 radical (unpaired) electrons. The summed E-state index contributed by atoms with van der Waals surface area (Å²) in [7, 11) is 1.93. The molecular weight excluding hydrogens is 332 g/mol. The molecule has 5 heteroatoms. The van der Waals surface area contributed by atoms with Crippen molar-refractivity contribution < 1.29 is 5.11 Å². The molecule has 0 unspecified atom stereocenters. The normalized spacial score (nSPS) is 12.7. The Kier molecular flexibility index (Phi) is 3.82. The van der Waals surface area contributed by atoms with Gasteiger partial charge in [0.05, 0.1) is 0 Å². The number of rotatable bonds is 3. The summed E-state index contributed by atoms with van der Waals surface area (Å²) < 4.78 is 0.680. The second-order valence-electron chi connectivity index (χ2n) is 6.13.